The van der Waals surface area contributed by atoms with E-state index in [0.29, 0.717) is 0 Å². The molecule has 2 aliphatic rings. The van der Waals surface area contributed by atoms with Crippen LogP contribution in [0.3, 0.4) is 0 Å². The molecule has 0 aliphatic carbocycles. The summed E-state index contributed by atoms with van der Waals surface area (Å²) in [6.07, 6.45) is 7.86. The zero-order valence-electron chi connectivity index (χ0n) is 17.3. The van der Waals surface area contributed by atoms with Gasteiger partial charge in [0, 0.05) is 19.6 Å². The van der Waals surface area contributed by atoms with E-state index in [2.05, 4.69) is 41.3 Å². The van der Waals surface area contributed by atoms with Gasteiger partial charge in [-0.05, 0) is 97.1 Å². The largest absolute Gasteiger partial charge is 0.357 e. The van der Waals surface area contributed by atoms with Crippen molar-refractivity contribution in [2.75, 3.05) is 59.4 Å². The lowest BCUT2D eigenvalue weighted by Crippen LogP contribution is -2.39. The highest BCUT2D eigenvalue weighted by molar-refractivity contribution is 14.0. The molecule has 0 aromatic carbocycles. The van der Waals surface area contributed by atoms with Crippen LogP contribution >= 0.6 is 24.0 Å². The van der Waals surface area contributed by atoms with Gasteiger partial charge in [-0.1, -0.05) is 6.92 Å². The standard InChI is InChI=1S/C20H41N5.HI/c1-4-21-20(23-12-6-19-9-14-24(3)15-10-19)22-11-5-13-25-16-7-18(2)8-17-25;/h18-19H,4-17H2,1-3H3,(H2,21,22,23);1H. The Morgan fingerprint density at radius 3 is 2.38 bits per heavy atom. The minimum atomic E-state index is 0. The van der Waals surface area contributed by atoms with Crippen molar-refractivity contribution in [1.82, 2.24) is 20.4 Å². The van der Waals surface area contributed by atoms with Crippen LogP contribution in [0.4, 0.5) is 0 Å². The number of nitrogens with one attached hydrogen (secondary N) is 2. The number of guanidine groups is 1. The van der Waals surface area contributed by atoms with Gasteiger partial charge in [0.25, 0.3) is 0 Å². The molecule has 0 radical (unpaired) electrons. The first-order valence-corrected chi connectivity index (χ1v) is 10.6. The lowest BCUT2D eigenvalue weighted by Gasteiger charge is -2.30. The molecule has 0 unspecified atom stereocenters. The van der Waals surface area contributed by atoms with Crippen molar-refractivity contribution in [1.29, 1.82) is 0 Å². The Morgan fingerprint density at radius 2 is 1.73 bits per heavy atom. The molecule has 2 aliphatic heterocycles. The lowest BCUT2D eigenvalue weighted by molar-refractivity contribution is 0.191. The van der Waals surface area contributed by atoms with Gasteiger partial charge in [0.05, 0.1) is 0 Å². The van der Waals surface area contributed by atoms with E-state index >= 15 is 0 Å². The van der Waals surface area contributed by atoms with Crippen LogP contribution in [0.5, 0.6) is 0 Å². The molecule has 154 valence electrons. The molecule has 0 bridgehead atoms. The summed E-state index contributed by atoms with van der Waals surface area (Å²) in [4.78, 5) is 9.82. The number of piperidine rings is 2. The second kappa shape index (κ2) is 14.0. The Morgan fingerprint density at radius 1 is 1.04 bits per heavy atom. The molecule has 2 N–H and O–H groups in total. The summed E-state index contributed by atoms with van der Waals surface area (Å²) < 4.78 is 0. The molecule has 0 saturated carbocycles. The van der Waals surface area contributed by atoms with Gasteiger partial charge in [0.2, 0.25) is 0 Å². The minimum Gasteiger partial charge on any atom is -0.357 e. The van der Waals surface area contributed by atoms with E-state index in [1.165, 1.54) is 71.2 Å². The molecule has 26 heavy (non-hydrogen) atoms. The molecule has 6 heteroatoms. The molecule has 5 nitrogen and oxygen atoms in total. The molecule has 2 heterocycles. The van der Waals surface area contributed by atoms with Gasteiger partial charge in [0.1, 0.15) is 0 Å². The summed E-state index contributed by atoms with van der Waals surface area (Å²) in [7, 11) is 2.23. The second-order valence-electron chi connectivity index (χ2n) is 8.10. The summed E-state index contributed by atoms with van der Waals surface area (Å²) in [6.45, 7) is 13.7. The van der Waals surface area contributed by atoms with Crippen molar-refractivity contribution in [2.24, 2.45) is 16.8 Å². The monoisotopic (exact) mass is 479 g/mol. The van der Waals surface area contributed by atoms with Crippen molar-refractivity contribution in [3.05, 3.63) is 0 Å². The first-order chi connectivity index (χ1) is 12.2. The molecule has 0 spiro atoms. The van der Waals surface area contributed by atoms with E-state index in [4.69, 9.17) is 4.99 Å². The van der Waals surface area contributed by atoms with E-state index in [9.17, 15) is 0 Å². The van der Waals surface area contributed by atoms with E-state index in [1.54, 1.807) is 0 Å². The van der Waals surface area contributed by atoms with Crippen LogP contribution in [-0.2, 0) is 0 Å². The summed E-state index contributed by atoms with van der Waals surface area (Å²) in [5, 5.41) is 6.92. The Bertz CT molecular complexity index is 374. The van der Waals surface area contributed by atoms with Gasteiger partial charge in [-0.2, -0.15) is 0 Å². The zero-order valence-corrected chi connectivity index (χ0v) is 19.6. The third-order valence-corrected chi connectivity index (χ3v) is 5.81. The topological polar surface area (TPSA) is 42.9 Å². The fourth-order valence-electron chi connectivity index (χ4n) is 3.86. The number of halogens is 1. The van der Waals surface area contributed by atoms with Crippen LogP contribution in [0.15, 0.2) is 4.99 Å². The number of hydrogen-bond acceptors (Lipinski definition) is 3. The van der Waals surface area contributed by atoms with Crippen molar-refractivity contribution < 1.29 is 0 Å². The second-order valence-corrected chi connectivity index (χ2v) is 8.10. The van der Waals surface area contributed by atoms with Crippen LogP contribution in [0, 0.1) is 11.8 Å². The Balaban J connectivity index is 0.00000338. The summed E-state index contributed by atoms with van der Waals surface area (Å²) >= 11 is 0. The van der Waals surface area contributed by atoms with Crippen LogP contribution in [0.25, 0.3) is 0 Å². The van der Waals surface area contributed by atoms with Gasteiger partial charge in [0.15, 0.2) is 5.96 Å². The SMILES string of the molecule is CCNC(=NCCCN1CCC(C)CC1)NCCC1CCN(C)CC1.I. The number of aliphatic imine (C=N–C) groups is 1. The minimum absolute atomic E-state index is 0. The third-order valence-electron chi connectivity index (χ3n) is 5.81. The zero-order chi connectivity index (χ0) is 17.9. The van der Waals surface area contributed by atoms with Crippen molar-refractivity contribution in [3.8, 4) is 0 Å². The smallest absolute Gasteiger partial charge is 0.191 e. The predicted octanol–water partition coefficient (Wildman–Crippen LogP) is 3.01. The maximum atomic E-state index is 4.77. The highest BCUT2D eigenvalue weighted by atomic mass is 127. The molecule has 0 amide bonds. The highest BCUT2D eigenvalue weighted by Gasteiger charge is 2.16. The van der Waals surface area contributed by atoms with Crippen molar-refractivity contribution >= 4 is 29.9 Å². The third kappa shape index (κ3) is 9.74. The molecule has 2 rings (SSSR count). The number of hydrogen-bond donors (Lipinski definition) is 2. The first-order valence-electron chi connectivity index (χ1n) is 10.6. The molecular formula is C20H42IN5. The van der Waals surface area contributed by atoms with Crippen molar-refractivity contribution in [2.45, 2.75) is 52.4 Å². The van der Waals surface area contributed by atoms with Crippen LogP contribution < -0.4 is 10.6 Å². The summed E-state index contributed by atoms with van der Waals surface area (Å²) in [5.41, 5.74) is 0. The molecule has 0 atom stereocenters. The van der Waals surface area contributed by atoms with E-state index in [-0.39, 0.29) is 24.0 Å². The summed E-state index contributed by atoms with van der Waals surface area (Å²) in [5.74, 6) is 2.80. The molecule has 2 saturated heterocycles. The molecule has 2 fully saturated rings. The maximum Gasteiger partial charge on any atom is 0.191 e. The Hall–Kier alpha value is -0.0800. The lowest BCUT2D eigenvalue weighted by atomic mass is 9.94. The average Bonchev–Trinajstić information content (AvgIpc) is 2.62. The van der Waals surface area contributed by atoms with Crippen LogP contribution in [-0.4, -0.2) is 75.2 Å². The molecule has 0 aromatic rings. The Labute approximate surface area is 178 Å². The van der Waals surface area contributed by atoms with E-state index < -0.39 is 0 Å². The van der Waals surface area contributed by atoms with Crippen molar-refractivity contribution in [3.63, 3.8) is 0 Å². The van der Waals surface area contributed by atoms with Gasteiger partial charge < -0.3 is 20.4 Å². The first kappa shape index (κ1) is 24.0. The normalized spacial score (nSPS) is 21.4. The fourth-order valence-corrected chi connectivity index (χ4v) is 3.86. The number of nitrogens with zero attached hydrogens (tertiary/aromatic N) is 3. The quantitative estimate of drug-likeness (QED) is 0.243. The average molecular weight is 479 g/mol. The summed E-state index contributed by atoms with van der Waals surface area (Å²) in [6, 6.07) is 0. The van der Waals surface area contributed by atoms with Gasteiger partial charge in [-0.3, -0.25) is 4.99 Å². The maximum absolute atomic E-state index is 4.77. The van der Waals surface area contributed by atoms with Gasteiger partial charge >= 0.3 is 0 Å². The predicted molar refractivity (Wildman–Crippen MR) is 124 cm³/mol. The van der Waals surface area contributed by atoms with Gasteiger partial charge in [-0.25, -0.2) is 0 Å². The van der Waals surface area contributed by atoms with Crippen LogP contribution in [0.1, 0.15) is 52.4 Å². The van der Waals surface area contributed by atoms with Gasteiger partial charge in [-0.15, -0.1) is 24.0 Å². The fraction of sp³-hybridized carbons (Fsp3) is 0.950. The molecular weight excluding hydrogens is 437 g/mol. The van der Waals surface area contributed by atoms with E-state index in [1.807, 2.05) is 0 Å². The van der Waals surface area contributed by atoms with E-state index in [0.717, 1.165) is 37.4 Å². The highest BCUT2D eigenvalue weighted by Crippen LogP contribution is 2.18. The number of rotatable bonds is 8. The Kier molecular flexibility index (Phi) is 12.9. The molecule has 0 aromatic heterocycles. The number of likely N-dealkylation sites (tertiary alicyclic amines) is 2. The van der Waals surface area contributed by atoms with Crippen LogP contribution in [0.2, 0.25) is 0 Å².